The number of carbonyl (C=O) groups is 3. The zero-order valence-corrected chi connectivity index (χ0v) is 50.8. The maximum Gasteiger partial charge on any atom is 0.306 e. The molecule has 0 radical (unpaired) electrons. The van der Waals surface area contributed by atoms with Crippen molar-refractivity contribution in [2.45, 2.75) is 354 Å². The molecule has 6 nitrogen and oxygen atoms in total. The van der Waals surface area contributed by atoms with E-state index in [-0.39, 0.29) is 31.1 Å². The van der Waals surface area contributed by atoms with Gasteiger partial charge in [0.1, 0.15) is 13.2 Å². The molecule has 0 aromatic rings. The largest absolute Gasteiger partial charge is 0.462 e. The third kappa shape index (κ3) is 62.0. The summed E-state index contributed by atoms with van der Waals surface area (Å²) in [6.45, 7) is 6.54. The molecule has 0 aliphatic carbocycles. The Bertz CT molecular complexity index is 1360. The average Bonchev–Trinajstić information content (AvgIpc) is 3.42. The van der Waals surface area contributed by atoms with Crippen molar-refractivity contribution < 1.29 is 28.6 Å². The molecule has 6 heteroatoms. The molecular weight excluding hydrogens is 937 g/mol. The molecule has 76 heavy (non-hydrogen) atoms. The van der Waals surface area contributed by atoms with Crippen molar-refractivity contribution in [1.82, 2.24) is 0 Å². The Hall–Kier alpha value is -2.89. The Morgan fingerprint density at radius 3 is 0.803 bits per heavy atom. The molecule has 0 saturated carbocycles. The molecule has 0 heterocycles. The van der Waals surface area contributed by atoms with Gasteiger partial charge in [0.05, 0.1) is 0 Å². The van der Waals surface area contributed by atoms with Crippen LogP contribution < -0.4 is 0 Å². The van der Waals surface area contributed by atoms with Gasteiger partial charge in [0.2, 0.25) is 0 Å². The van der Waals surface area contributed by atoms with Gasteiger partial charge in [-0.05, 0) is 64.2 Å². The molecule has 1 atom stereocenters. The van der Waals surface area contributed by atoms with Crippen molar-refractivity contribution in [3.8, 4) is 0 Å². The summed E-state index contributed by atoms with van der Waals surface area (Å²) in [5, 5.41) is 0. The van der Waals surface area contributed by atoms with E-state index in [2.05, 4.69) is 81.5 Å². The molecule has 0 aliphatic heterocycles. The maximum atomic E-state index is 12.9. The van der Waals surface area contributed by atoms with Crippen molar-refractivity contribution in [3.05, 3.63) is 60.8 Å². The van der Waals surface area contributed by atoms with E-state index in [0.717, 1.165) is 89.9 Å². The van der Waals surface area contributed by atoms with Gasteiger partial charge in [0, 0.05) is 19.3 Å². The predicted molar refractivity (Wildman–Crippen MR) is 330 cm³/mol. The standard InChI is InChI=1S/C70H126O6/c1-4-7-10-13-16-18-20-22-24-26-28-29-30-31-32-33-34-35-36-37-38-39-40-41-42-44-45-47-49-51-54-57-60-63-69(72)75-66-67(65-74-68(71)62-59-56-53-15-12-9-6-3)76-70(73)64-61-58-55-52-50-48-46-43-27-25-23-21-19-17-14-11-8-5-2/h7,10,16,18,22,24,28-29,31-32,67H,4-6,8-9,11-15,17,19-21,23,25-27,30,33-66H2,1-3H3/b10-7-,18-16-,24-22-,29-28-,32-31-. The molecule has 0 bridgehead atoms. The van der Waals surface area contributed by atoms with Crippen LogP contribution in [-0.2, 0) is 28.6 Å². The zero-order chi connectivity index (χ0) is 55.0. The number of hydrogen-bond donors (Lipinski definition) is 0. The van der Waals surface area contributed by atoms with Crippen LogP contribution in [-0.4, -0.2) is 37.2 Å². The molecule has 442 valence electrons. The van der Waals surface area contributed by atoms with Crippen LogP contribution in [0.1, 0.15) is 348 Å². The highest BCUT2D eigenvalue weighted by Gasteiger charge is 2.19. The number of ether oxygens (including phenoxy) is 3. The third-order valence-electron chi connectivity index (χ3n) is 14.8. The van der Waals surface area contributed by atoms with E-state index in [4.69, 9.17) is 14.2 Å². The molecule has 1 unspecified atom stereocenters. The van der Waals surface area contributed by atoms with Crippen LogP contribution in [0.4, 0.5) is 0 Å². The summed E-state index contributed by atoms with van der Waals surface area (Å²) < 4.78 is 16.9. The minimum atomic E-state index is -0.767. The lowest BCUT2D eigenvalue weighted by Gasteiger charge is -2.18. The molecule has 0 fully saturated rings. The van der Waals surface area contributed by atoms with Gasteiger partial charge in [0.25, 0.3) is 0 Å². The van der Waals surface area contributed by atoms with Crippen molar-refractivity contribution in [3.63, 3.8) is 0 Å². The van der Waals surface area contributed by atoms with E-state index in [9.17, 15) is 14.4 Å². The first kappa shape index (κ1) is 73.1. The number of allylic oxidation sites excluding steroid dienone is 10. The van der Waals surface area contributed by atoms with Crippen LogP contribution in [0.15, 0.2) is 60.8 Å². The number of carbonyl (C=O) groups excluding carboxylic acids is 3. The number of hydrogen-bond acceptors (Lipinski definition) is 6. The summed E-state index contributed by atoms with van der Waals surface area (Å²) in [6, 6.07) is 0. The summed E-state index contributed by atoms with van der Waals surface area (Å²) in [5.74, 6) is -0.852. The van der Waals surface area contributed by atoms with E-state index in [1.165, 1.54) is 218 Å². The third-order valence-corrected chi connectivity index (χ3v) is 14.8. The van der Waals surface area contributed by atoms with Gasteiger partial charge in [-0.3, -0.25) is 14.4 Å². The van der Waals surface area contributed by atoms with Crippen LogP contribution in [0.2, 0.25) is 0 Å². The molecule has 0 aromatic carbocycles. The van der Waals surface area contributed by atoms with E-state index >= 15 is 0 Å². The minimum Gasteiger partial charge on any atom is -0.462 e. The molecule has 0 N–H and O–H groups in total. The quantitative estimate of drug-likeness (QED) is 0.0261. The second kappa shape index (κ2) is 64.6. The topological polar surface area (TPSA) is 78.9 Å². The number of esters is 3. The summed E-state index contributed by atoms with van der Waals surface area (Å²) in [5.41, 5.74) is 0. The average molecular weight is 1060 g/mol. The molecule has 0 aliphatic rings. The van der Waals surface area contributed by atoms with Gasteiger partial charge in [-0.25, -0.2) is 0 Å². The Morgan fingerprint density at radius 2 is 0.513 bits per heavy atom. The molecule has 0 aromatic heterocycles. The first-order chi connectivity index (χ1) is 37.5. The molecule has 0 saturated heterocycles. The lowest BCUT2D eigenvalue weighted by Crippen LogP contribution is -2.30. The first-order valence-electron chi connectivity index (χ1n) is 33.3. The number of unbranched alkanes of at least 4 members (excludes halogenated alkanes) is 40. The van der Waals surface area contributed by atoms with Crippen molar-refractivity contribution in [1.29, 1.82) is 0 Å². The number of rotatable bonds is 61. The molecular formula is C70H126O6. The smallest absolute Gasteiger partial charge is 0.306 e. The summed E-state index contributed by atoms with van der Waals surface area (Å²) in [7, 11) is 0. The normalized spacial score (nSPS) is 12.4. The van der Waals surface area contributed by atoms with E-state index in [0.29, 0.717) is 19.3 Å². The molecule has 0 amide bonds. The van der Waals surface area contributed by atoms with Crippen LogP contribution in [0, 0.1) is 0 Å². The van der Waals surface area contributed by atoms with Gasteiger partial charge in [0.15, 0.2) is 6.10 Å². The highest BCUT2D eigenvalue weighted by atomic mass is 16.6. The monoisotopic (exact) mass is 1060 g/mol. The second-order valence-corrected chi connectivity index (χ2v) is 22.4. The van der Waals surface area contributed by atoms with E-state index in [1.54, 1.807) is 0 Å². The Labute approximate surface area is 472 Å². The van der Waals surface area contributed by atoms with Crippen LogP contribution in [0.25, 0.3) is 0 Å². The van der Waals surface area contributed by atoms with Gasteiger partial charge >= 0.3 is 17.9 Å². The van der Waals surface area contributed by atoms with Crippen molar-refractivity contribution in [2.75, 3.05) is 13.2 Å². The van der Waals surface area contributed by atoms with Crippen molar-refractivity contribution >= 4 is 17.9 Å². The summed E-state index contributed by atoms with van der Waals surface area (Å²) in [6.07, 6.45) is 82.7. The van der Waals surface area contributed by atoms with Gasteiger partial charge in [-0.15, -0.1) is 0 Å². The predicted octanol–water partition coefficient (Wildman–Crippen LogP) is 22.7. The minimum absolute atomic E-state index is 0.0676. The molecule has 0 rings (SSSR count). The fraction of sp³-hybridized carbons (Fsp3) is 0.814. The van der Waals surface area contributed by atoms with Gasteiger partial charge in [-0.2, -0.15) is 0 Å². The van der Waals surface area contributed by atoms with E-state index < -0.39 is 6.10 Å². The summed E-state index contributed by atoms with van der Waals surface area (Å²) >= 11 is 0. The highest BCUT2D eigenvalue weighted by Crippen LogP contribution is 2.18. The SMILES string of the molecule is CC/C=C\C/C=C\C/C=C\C/C=C\C/C=C\CCCCCCCCCCCCCCCCCCCC(=O)OCC(COC(=O)CCCCCCCCC)OC(=O)CCCCCCCCCCCCCCCCCCCC. The zero-order valence-electron chi connectivity index (χ0n) is 50.8. The summed E-state index contributed by atoms with van der Waals surface area (Å²) in [4.78, 5) is 38.1. The Kier molecular flexibility index (Phi) is 62.2. The molecule has 0 spiro atoms. The van der Waals surface area contributed by atoms with Crippen LogP contribution >= 0.6 is 0 Å². The fourth-order valence-corrected chi connectivity index (χ4v) is 9.83. The lowest BCUT2D eigenvalue weighted by molar-refractivity contribution is -0.167. The maximum absolute atomic E-state index is 12.9. The highest BCUT2D eigenvalue weighted by molar-refractivity contribution is 5.71. The van der Waals surface area contributed by atoms with Crippen LogP contribution in [0.3, 0.4) is 0 Å². The van der Waals surface area contributed by atoms with E-state index in [1.807, 2.05) is 0 Å². The fourth-order valence-electron chi connectivity index (χ4n) is 9.83. The van der Waals surface area contributed by atoms with Gasteiger partial charge in [-0.1, -0.05) is 326 Å². The van der Waals surface area contributed by atoms with Crippen LogP contribution in [0.5, 0.6) is 0 Å². The Morgan fingerprint density at radius 1 is 0.276 bits per heavy atom. The second-order valence-electron chi connectivity index (χ2n) is 22.4. The van der Waals surface area contributed by atoms with Crippen molar-refractivity contribution in [2.24, 2.45) is 0 Å². The Balaban J connectivity index is 4.00. The first-order valence-corrected chi connectivity index (χ1v) is 33.3. The van der Waals surface area contributed by atoms with Gasteiger partial charge < -0.3 is 14.2 Å². The lowest BCUT2D eigenvalue weighted by atomic mass is 10.0.